The van der Waals surface area contributed by atoms with Crippen LogP contribution in [0.1, 0.15) is 6.42 Å². The number of halogens is 4. The zero-order valence-corrected chi connectivity index (χ0v) is 5.77. The zero-order valence-electron chi connectivity index (χ0n) is 3.43. The quantitative estimate of drug-likeness (QED) is 0.591. The second kappa shape index (κ2) is 2.82. The lowest BCUT2D eigenvalue weighted by atomic mass is 10.5. The minimum Gasteiger partial charge on any atom is -0.188 e. The predicted molar refractivity (Wildman–Crippen MR) is 29.2 cm³/mol. The highest BCUT2D eigenvalue weighted by molar-refractivity contribution is 9.09. The van der Waals surface area contributed by atoms with Gasteiger partial charge in [0.15, 0.2) is 0 Å². The van der Waals surface area contributed by atoms with Crippen LogP contribution in [0.5, 0.6) is 0 Å². The van der Waals surface area contributed by atoms with Crippen molar-refractivity contribution in [1.29, 1.82) is 0 Å². The van der Waals surface area contributed by atoms with Crippen molar-refractivity contribution >= 4 is 27.5 Å². The minimum absolute atomic E-state index is 0.240. The van der Waals surface area contributed by atoms with Gasteiger partial charge in [0.2, 0.25) is 0 Å². The Bertz CT molecular complexity index is 51.4. The van der Waals surface area contributed by atoms with E-state index in [0.29, 0.717) is 0 Å². The van der Waals surface area contributed by atoms with Crippen LogP contribution in [0.3, 0.4) is 0 Å². The summed E-state index contributed by atoms with van der Waals surface area (Å²) < 4.78 is 22.9. The molecule has 0 nitrogen and oxygen atoms in total. The van der Waals surface area contributed by atoms with E-state index in [9.17, 15) is 8.78 Å². The smallest absolute Gasteiger partial charge is 0.188 e. The van der Waals surface area contributed by atoms with Crippen molar-refractivity contribution in [1.82, 2.24) is 0 Å². The fourth-order valence-electron chi connectivity index (χ4n) is 0.107. The molecule has 0 aromatic rings. The lowest BCUT2D eigenvalue weighted by molar-refractivity contribution is 0.0938. The van der Waals surface area contributed by atoms with Crippen molar-refractivity contribution in [3.8, 4) is 0 Å². The summed E-state index contributed by atoms with van der Waals surface area (Å²) in [6, 6.07) is 0. The molecule has 0 atom stereocenters. The lowest BCUT2D eigenvalue weighted by Crippen LogP contribution is -2.04. The number of alkyl halides is 4. The molecule has 0 N–H and O–H groups in total. The first kappa shape index (κ1) is 7.63. The van der Waals surface area contributed by atoms with Gasteiger partial charge in [0.25, 0.3) is 0 Å². The van der Waals surface area contributed by atoms with Crippen molar-refractivity contribution in [2.24, 2.45) is 0 Å². The van der Waals surface area contributed by atoms with E-state index in [1.54, 1.807) is 0 Å². The molecule has 0 spiro atoms. The van der Waals surface area contributed by atoms with Crippen LogP contribution in [-0.2, 0) is 0 Å². The summed E-state index contributed by atoms with van der Waals surface area (Å²) in [5, 5.41) is -2.78. The van der Waals surface area contributed by atoms with Gasteiger partial charge in [-0.05, 0) is 11.6 Å². The molecule has 0 unspecified atom stereocenters. The van der Waals surface area contributed by atoms with Gasteiger partial charge in [-0.25, -0.2) is 0 Å². The molecule has 0 radical (unpaired) electrons. The Balaban J connectivity index is 3.15. The van der Waals surface area contributed by atoms with Crippen molar-refractivity contribution in [3.63, 3.8) is 0 Å². The van der Waals surface area contributed by atoms with Crippen LogP contribution in [0, 0.1) is 0 Å². The molecule has 4 heteroatoms. The van der Waals surface area contributed by atoms with Crippen LogP contribution in [0.25, 0.3) is 0 Å². The van der Waals surface area contributed by atoms with Gasteiger partial charge in [0.1, 0.15) is 0 Å². The largest absolute Gasteiger partial charge is 0.322 e. The Kier molecular flexibility index (Phi) is 3.08. The molecule has 0 rings (SSSR count). The van der Waals surface area contributed by atoms with Crippen LogP contribution in [0.4, 0.5) is 8.78 Å². The molecule has 0 fully saturated rings. The van der Waals surface area contributed by atoms with Crippen LogP contribution in [0.2, 0.25) is 0 Å². The van der Waals surface area contributed by atoms with E-state index in [0.717, 1.165) is 0 Å². The maximum atomic E-state index is 11.5. The fourth-order valence-corrected chi connectivity index (χ4v) is 0.928. The monoisotopic (exact) mass is 192 g/mol. The Morgan fingerprint density at radius 3 is 2.00 bits per heavy atom. The Labute approximate surface area is 54.0 Å². The molecular weight excluding hydrogens is 189 g/mol. The molecule has 0 aliphatic carbocycles. The van der Waals surface area contributed by atoms with Gasteiger partial charge in [0, 0.05) is 11.8 Å². The Morgan fingerprint density at radius 1 is 1.57 bits per heavy atom. The highest BCUT2D eigenvalue weighted by Gasteiger charge is 2.22. The summed E-state index contributed by atoms with van der Waals surface area (Å²) in [5.41, 5.74) is 0. The van der Waals surface area contributed by atoms with E-state index >= 15 is 0 Å². The first-order valence-corrected chi connectivity index (χ1v) is 3.19. The van der Waals surface area contributed by atoms with Gasteiger partial charge in [-0.2, -0.15) is 8.78 Å². The molecule has 0 aromatic heterocycles. The topological polar surface area (TPSA) is 0 Å². The highest BCUT2D eigenvalue weighted by Crippen LogP contribution is 2.23. The van der Waals surface area contributed by atoms with E-state index in [-0.39, 0.29) is 11.8 Å². The predicted octanol–water partition coefficient (Wildman–Crippen LogP) is 2.60. The second-order valence-electron chi connectivity index (χ2n) is 1.05. The van der Waals surface area contributed by atoms with Crippen LogP contribution < -0.4 is 0 Å². The third kappa shape index (κ3) is 6.63. The van der Waals surface area contributed by atoms with Gasteiger partial charge < -0.3 is 0 Å². The van der Waals surface area contributed by atoms with Crippen molar-refractivity contribution in [2.45, 2.75) is 11.8 Å². The molecule has 44 valence electrons. The minimum atomic E-state index is -3.02. The summed E-state index contributed by atoms with van der Waals surface area (Å²) in [6.45, 7) is 0. The molecule has 0 saturated carbocycles. The second-order valence-corrected chi connectivity index (χ2v) is 2.40. The summed E-state index contributed by atoms with van der Waals surface area (Å²) in [4.78, 5) is 0. The van der Waals surface area contributed by atoms with Gasteiger partial charge in [0.05, 0.1) is 0 Å². The molecule has 0 bridgehead atoms. The third-order valence-electron chi connectivity index (χ3n) is 0.378. The molecule has 0 amide bonds. The zero-order chi connectivity index (χ0) is 5.91. The highest BCUT2D eigenvalue weighted by atomic mass is 79.9. The number of hydrogen-bond acceptors (Lipinski definition) is 0. The SMILES string of the molecule is FC(F)(Cl)CCBr. The Hall–Kier alpha value is 0.630. The van der Waals surface area contributed by atoms with Crippen LogP contribution in [0.15, 0.2) is 0 Å². The summed E-state index contributed by atoms with van der Waals surface area (Å²) in [7, 11) is 0. The number of rotatable bonds is 2. The lowest BCUT2D eigenvalue weighted by Gasteiger charge is -2.01. The van der Waals surface area contributed by atoms with Gasteiger partial charge in [-0.3, -0.25) is 0 Å². The molecule has 0 aliphatic heterocycles. The van der Waals surface area contributed by atoms with E-state index in [2.05, 4.69) is 27.5 Å². The van der Waals surface area contributed by atoms with Gasteiger partial charge >= 0.3 is 5.38 Å². The van der Waals surface area contributed by atoms with E-state index in [1.165, 1.54) is 0 Å². The van der Waals surface area contributed by atoms with Crippen LogP contribution >= 0.6 is 27.5 Å². The van der Waals surface area contributed by atoms with Crippen molar-refractivity contribution < 1.29 is 8.78 Å². The Morgan fingerprint density at radius 2 is 2.00 bits per heavy atom. The van der Waals surface area contributed by atoms with E-state index in [4.69, 9.17) is 0 Å². The third-order valence-corrected chi connectivity index (χ3v) is 0.963. The fraction of sp³-hybridized carbons (Fsp3) is 1.00. The van der Waals surface area contributed by atoms with Crippen molar-refractivity contribution in [2.75, 3.05) is 5.33 Å². The maximum Gasteiger partial charge on any atom is 0.322 e. The summed E-state index contributed by atoms with van der Waals surface area (Å²) in [5.74, 6) is 0. The standard InChI is InChI=1S/C3H4BrClF2/c4-2-1-3(5,6)7/h1-2H2. The van der Waals surface area contributed by atoms with Gasteiger partial charge in [-0.1, -0.05) is 15.9 Å². The van der Waals surface area contributed by atoms with Crippen LogP contribution in [-0.4, -0.2) is 10.7 Å². The normalized spacial score (nSPS) is 12.0. The van der Waals surface area contributed by atoms with Gasteiger partial charge in [-0.15, -0.1) is 0 Å². The number of hydrogen-bond donors (Lipinski definition) is 0. The molecule has 7 heavy (non-hydrogen) atoms. The molecule has 0 heterocycles. The first-order valence-electron chi connectivity index (χ1n) is 1.69. The van der Waals surface area contributed by atoms with E-state index < -0.39 is 5.38 Å². The maximum absolute atomic E-state index is 11.5. The summed E-state index contributed by atoms with van der Waals surface area (Å²) >= 11 is 7.29. The average molecular weight is 193 g/mol. The van der Waals surface area contributed by atoms with E-state index in [1.807, 2.05) is 0 Å². The molecule has 0 aliphatic rings. The molecule has 0 saturated heterocycles. The molecular formula is C3H4BrClF2. The van der Waals surface area contributed by atoms with Crippen molar-refractivity contribution in [3.05, 3.63) is 0 Å². The molecule has 0 aromatic carbocycles. The average Bonchev–Trinajstić information content (AvgIpc) is 1.30. The first-order chi connectivity index (χ1) is 3.06. The summed E-state index contributed by atoms with van der Waals surface area (Å²) in [6.07, 6.45) is -0.311.